The van der Waals surface area contributed by atoms with Gasteiger partial charge in [-0.1, -0.05) is 0 Å². The Morgan fingerprint density at radius 1 is 1.43 bits per heavy atom. The van der Waals surface area contributed by atoms with Crippen LogP contribution in [0.15, 0.2) is 18.3 Å². The highest BCUT2D eigenvalue weighted by Gasteiger charge is 2.22. The van der Waals surface area contributed by atoms with E-state index in [-0.39, 0.29) is 11.8 Å². The van der Waals surface area contributed by atoms with Crippen molar-refractivity contribution >= 4 is 17.6 Å². The van der Waals surface area contributed by atoms with E-state index in [1.807, 2.05) is 4.90 Å². The van der Waals surface area contributed by atoms with Gasteiger partial charge in [-0.15, -0.1) is 0 Å². The fraction of sp³-hybridized carbons (Fsp3) is 0.533. The van der Waals surface area contributed by atoms with Crippen LogP contribution in [0.2, 0.25) is 0 Å². The number of piperidine rings is 1. The van der Waals surface area contributed by atoms with Crippen LogP contribution < -0.4 is 10.1 Å². The molecule has 2 amide bonds. The van der Waals surface area contributed by atoms with E-state index in [0.717, 1.165) is 25.9 Å². The normalized spacial score (nSPS) is 15.6. The fourth-order valence-electron chi connectivity index (χ4n) is 2.51. The van der Waals surface area contributed by atoms with E-state index in [1.165, 1.54) is 0 Å². The van der Waals surface area contributed by atoms with Gasteiger partial charge in [-0.25, -0.2) is 4.98 Å². The third kappa shape index (κ3) is 4.44. The Bertz CT molecular complexity index is 511. The van der Waals surface area contributed by atoms with Gasteiger partial charge < -0.3 is 15.0 Å². The van der Waals surface area contributed by atoms with Gasteiger partial charge in [0.25, 0.3) is 0 Å². The average molecular weight is 291 g/mol. The van der Waals surface area contributed by atoms with E-state index < -0.39 is 0 Å². The van der Waals surface area contributed by atoms with E-state index in [2.05, 4.69) is 10.3 Å². The summed E-state index contributed by atoms with van der Waals surface area (Å²) in [5.41, 5.74) is 0. The lowest BCUT2D eigenvalue weighted by atomic mass is 9.93. The van der Waals surface area contributed by atoms with Crippen LogP contribution in [0.1, 0.15) is 26.2 Å². The van der Waals surface area contributed by atoms with Crippen LogP contribution in [-0.2, 0) is 9.59 Å². The van der Waals surface area contributed by atoms with Crippen molar-refractivity contribution in [2.75, 3.05) is 25.5 Å². The Morgan fingerprint density at radius 2 is 2.14 bits per heavy atom. The molecule has 1 aliphatic rings. The first-order chi connectivity index (χ1) is 10.1. The summed E-state index contributed by atoms with van der Waals surface area (Å²) in [7, 11) is 1.57. The highest BCUT2D eigenvalue weighted by Crippen LogP contribution is 2.21. The van der Waals surface area contributed by atoms with E-state index in [4.69, 9.17) is 4.74 Å². The third-order valence-corrected chi connectivity index (χ3v) is 3.77. The minimum atomic E-state index is -0.0444. The van der Waals surface area contributed by atoms with E-state index >= 15 is 0 Å². The topological polar surface area (TPSA) is 71.5 Å². The number of aromatic nitrogens is 1. The van der Waals surface area contributed by atoms with Gasteiger partial charge in [0.05, 0.1) is 7.11 Å². The number of carbonyl (C=O) groups is 2. The molecule has 1 fully saturated rings. The number of amides is 2. The molecule has 0 bridgehead atoms. The molecule has 2 rings (SSSR count). The maximum Gasteiger partial charge on any atom is 0.225 e. The van der Waals surface area contributed by atoms with Crippen molar-refractivity contribution in [2.45, 2.75) is 26.2 Å². The van der Waals surface area contributed by atoms with Gasteiger partial charge in [0.15, 0.2) is 0 Å². The summed E-state index contributed by atoms with van der Waals surface area (Å²) in [6, 6.07) is 3.42. The Balaban J connectivity index is 1.81. The van der Waals surface area contributed by atoms with Gasteiger partial charge in [-0.05, 0) is 24.8 Å². The van der Waals surface area contributed by atoms with Gasteiger partial charge in [-0.3, -0.25) is 9.59 Å². The Labute approximate surface area is 124 Å². The van der Waals surface area contributed by atoms with Crippen LogP contribution in [0, 0.1) is 5.92 Å². The van der Waals surface area contributed by atoms with Crippen LogP contribution in [-0.4, -0.2) is 41.9 Å². The lowest BCUT2D eigenvalue weighted by molar-refractivity contribution is -0.130. The quantitative estimate of drug-likeness (QED) is 0.916. The molecule has 0 radical (unpaired) electrons. The monoisotopic (exact) mass is 291 g/mol. The fourth-order valence-corrected chi connectivity index (χ4v) is 2.51. The first-order valence-corrected chi connectivity index (χ1v) is 7.14. The summed E-state index contributed by atoms with van der Waals surface area (Å²) in [4.78, 5) is 29.2. The molecular weight excluding hydrogens is 270 g/mol. The molecule has 0 unspecified atom stereocenters. The number of carbonyl (C=O) groups excluding carboxylic acids is 2. The number of nitrogens with one attached hydrogen (secondary N) is 1. The number of hydrogen-bond donors (Lipinski definition) is 1. The van der Waals surface area contributed by atoms with E-state index in [0.29, 0.717) is 23.9 Å². The van der Waals surface area contributed by atoms with Crippen molar-refractivity contribution in [2.24, 2.45) is 5.92 Å². The number of rotatable bonds is 4. The smallest absolute Gasteiger partial charge is 0.225 e. The zero-order chi connectivity index (χ0) is 15.2. The van der Waals surface area contributed by atoms with Crippen LogP contribution in [0.25, 0.3) is 0 Å². The van der Waals surface area contributed by atoms with Crippen molar-refractivity contribution in [3.63, 3.8) is 0 Å². The van der Waals surface area contributed by atoms with E-state index in [9.17, 15) is 9.59 Å². The van der Waals surface area contributed by atoms with Crippen molar-refractivity contribution < 1.29 is 14.3 Å². The summed E-state index contributed by atoms with van der Waals surface area (Å²) in [5, 5.41) is 2.79. The van der Waals surface area contributed by atoms with E-state index in [1.54, 1.807) is 32.4 Å². The number of pyridine rings is 1. The minimum absolute atomic E-state index is 0.0444. The van der Waals surface area contributed by atoms with Crippen LogP contribution >= 0.6 is 0 Å². The molecule has 0 aromatic carbocycles. The second-order valence-corrected chi connectivity index (χ2v) is 5.28. The molecule has 1 saturated heterocycles. The number of hydrogen-bond acceptors (Lipinski definition) is 4. The van der Waals surface area contributed by atoms with Crippen molar-refractivity contribution in [3.05, 3.63) is 18.3 Å². The molecule has 1 aromatic rings. The number of methoxy groups -OCH3 is 1. The summed E-state index contributed by atoms with van der Waals surface area (Å²) >= 11 is 0. The number of ether oxygens (including phenoxy) is 1. The molecule has 6 nitrogen and oxygen atoms in total. The highest BCUT2D eigenvalue weighted by molar-refractivity contribution is 5.90. The Hall–Kier alpha value is -2.11. The molecule has 1 aliphatic heterocycles. The first kappa shape index (κ1) is 15.3. The molecule has 2 heterocycles. The second-order valence-electron chi connectivity index (χ2n) is 5.28. The molecular formula is C15H21N3O3. The Kier molecular flexibility index (Phi) is 5.14. The van der Waals surface area contributed by atoms with Gasteiger partial charge in [0.1, 0.15) is 11.6 Å². The van der Waals surface area contributed by atoms with Gasteiger partial charge >= 0.3 is 0 Å². The Morgan fingerprint density at radius 3 is 2.76 bits per heavy atom. The third-order valence-electron chi connectivity index (χ3n) is 3.77. The maximum atomic E-state index is 12.0. The zero-order valence-corrected chi connectivity index (χ0v) is 12.5. The molecule has 0 spiro atoms. The largest absolute Gasteiger partial charge is 0.497 e. The summed E-state index contributed by atoms with van der Waals surface area (Å²) < 4.78 is 5.09. The molecule has 0 atom stereocenters. The predicted octanol–water partition coefficient (Wildman–Crippen LogP) is 1.68. The lowest BCUT2D eigenvalue weighted by Gasteiger charge is -2.30. The molecule has 0 aliphatic carbocycles. The molecule has 114 valence electrons. The standard InChI is InChI=1S/C15H21N3O3/c1-11(19)18-7-4-12(5-8-18)9-15(20)17-14-10-13(21-2)3-6-16-14/h3,6,10,12H,4-5,7-9H2,1-2H3,(H,16,17,20). The molecule has 1 aromatic heterocycles. The predicted molar refractivity (Wildman–Crippen MR) is 79.0 cm³/mol. The molecule has 21 heavy (non-hydrogen) atoms. The van der Waals surface area contributed by atoms with Crippen molar-refractivity contribution in [1.82, 2.24) is 9.88 Å². The minimum Gasteiger partial charge on any atom is -0.497 e. The molecule has 6 heteroatoms. The van der Waals surface area contributed by atoms with Gasteiger partial charge in [-0.2, -0.15) is 0 Å². The van der Waals surface area contributed by atoms with Crippen LogP contribution in [0.5, 0.6) is 5.75 Å². The summed E-state index contributed by atoms with van der Waals surface area (Å²) in [5.74, 6) is 1.55. The zero-order valence-electron chi connectivity index (χ0n) is 12.5. The molecule has 0 saturated carbocycles. The van der Waals surface area contributed by atoms with Crippen molar-refractivity contribution in [3.8, 4) is 5.75 Å². The summed E-state index contributed by atoms with van der Waals surface area (Å²) in [6.07, 6.45) is 3.81. The summed E-state index contributed by atoms with van der Waals surface area (Å²) in [6.45, 7) is 3.07. The van der Waals surface area contributed by atoms with Gasteiger partial charge in [0, 0.05) is 38.7 Å². The number of likely N-dealkylation sites (tertiary alicyclic amines) is 1. The van der Waals surface area contributed by atoms with Crippen molar-refractivity contribution in [1.29, 1.82) is 0 Å². The van der Waals surface area contributed by atoms with Crippen LogP contribution in [0.4, 0.5) is 5.82 Å². The SMILES string of the molecule is COc1ccnc(NC(=O)CC2CCN(C(C)=O)CC2)c1. The first-order valence-electron chi connectivity index (χ1n) is 7.14. The number of anilines is 1. The van der Waals surface area contributed by atoms with Crippen LogP contribution in [0.3, 0.4) is 0 Å². The highest BCUT2D eigenvalue weighted by atomic mass is 16.5. The number of nitrogens with zero attached hydrogens (tertiary/aromatic N) is 2. The maximum absolute atomic E-state index is 12.0. The molecule has 1 N–H and O–H groups in total. The van der Waals surface area contributed by atoms with Gasteiger partial charge in [0.2, 0.25) is 11.8 Å². The second kappa shape index (κ2) is 7.06. The average Bonchev–Trinajstić information content (AvgIpc) is 2.47. The lowest BCUT2D eigenvalue weighted by Crippen LogP contribution is -2.37.